The maximum Gasteiger partial charge on any atom is 0.271 e. The minimum absolute atomic E-state index is 0.153. The molecule has 4 rings (SSSR count). The maximum atomic E-state index is 13.6. The van der Waals surface area contributed by atoms with E-state index in [-0.39, 0.29) is 16.2 Å². The van der Waals surface area contributed by atoms with Crippen LogP contribution in [-0.2, 0) is 14.6 Å². The summed E-state index contributed by atoms with van der Waals surface area (Å²) in [6, 6.07) is 15.8. The van der Waals surface area contributed by atoms with Crippen LogP contribution in [0.25, 0.3) is 6.08 Å². The molecule has 31 heavy (non-hydrogen) atoms. The number of carbonyl (C=O) groups excluding carboxylic acids is 1. The molecule has 0 bridgehead atoms. The molecule has 1 aromatic heterocycles. The van der Waals surface area contributed by atoms with Crippen LogP contribution in [0, 0.1) is 17.0 Å². The van der Waals surface area contributed by atoms with E-state index in [0.717, 1.165) is 9.35 Å². The van der Waals surface area contributed by atoms with E-state index in [1.54, 1.807) is 30.3 Å². The molecule has 0 spiro atoms. The number of amides is 1. The van der Waals surface area contributed by atoms with Crippen LogP contribution in [0.4, 0.5) is 11.4 Å². The summed E-state index contributed by atoms with van der Waals surface area (Å²) in [5.41, 5.74) is 1.16. The summed E-state index contributed by atoms with van der Waals surface area (Å²) in [7, 11) is -4.17. The highest BCUT2D eigenvalue weighted by molar-refractivity contribution is 9.11. The van der Waals surface area contributed by atoms with Gasteiger partial charge in [-0.1, -0.05) is 24.3 Å². The van der Waals surface area contributed by atoms with Gasteiger partial charge in [0, 0.05) is 22.7 Å². The Morgan fingerprint density at radius 2 is 1.87 bits per heavy atom. The number of nitro groups is 1. The third-order valence-corrected chi connectivity index (χ3v) is 8.32. The number of rotatable bonds is 4. The molecule has 1 amide bonds. The SMILES string of the molecule is Cc1cccc(N2C(=O)/C(=C\c3ccc(Br)s3)S(=O)(=O)[C@H]2c2cccc([N+](=O)[O-])c2)c1. The molecule has 158 valence electrons. The first-order valence-electron chi connectivity index (χ1n) is 9.04. The highest BCUT2D eigenvalue weighted by Gasteiger charge is 2.50. The van der Waals surface area contributed by atoms with Crippen molar-refractivity contribution in [3.05, 3.63) is 95.5 Å². The number of hydrogen-bond donors (Lipinski definition) is 0. The van der Waals surface area contributed by atoms with E-state index in [2.05, 4.69) is 15.9 Å². The maximum absolute atomic E-state index is 13.6. The van der Waals surface area contributed by atoms with Crippen molar-refractivity contribution in [1.29, 1.82) is 0 Å². The smallest absolute Gasteiger partial charge is 0.271 e. The molecule has 0 saturated carbocycles. The number of anilines is 1. The Morgan fingerprint density at radius 1 is 1.13 bits per heavy atom. The van der Waals surface area contributed by atoms with Crippen molar-refractivity contribution in [3.8, 4) is 0 Å². The van der Waals surface area contributed by atoms with E-state index in [1.165, 1.54) is 46.6 Å². The summed E-state index contributed by atoms with van der Waals surface area (Å²) in [6.45, 7) is 1.83. The number of halogens is 1. The Labute approximate surface area is 190 Å². The number of sulfone groups is 1. The van der Waals surface area contributed by atoms with E-state index < -0.39 is 26.0 Å². The lowest BCUT2D eigenvalue weighted by Gasteiger charge is -2.23. The van der Waals surface area contributed by atoms with Gasteiger partial charge in [-0.05, 0) is 64.3 Å². The predicted octanol–water partition coefficient (Wildman–Crippen LogP) is 5.23. The van der Waals surface area contributed by atoms with Crippen molar-refractivity contribution in [3.63, 3.8) is 0 Å². The Kier molecular flexibility index (Phi) is 5.54. The van der Waals surface area contributed by atoms with E-state index in [1.807, 2.05) is 13.0 Å². The van der Waals surface area contributed by atoms with Crippen molar-refractivity contribution in [2.45, 2.75) is 12.3 Å². The summed E-state index contributed by atoms with van der Waals surface area (Å²) in [5, 5.41) is 9.85. The lowest BCUT2D eigenvalue weighted by molar-refractivity contribution is -0.384. The van der Waals surface area contributed by atoms with E-state index in [4.69, 9.17) is 0 Å². The molecule has 2 heterocycles. The minimum atomic E-state index is -4.17. The number of hydrogen-bond acceptors (Lipinski definition) is 6. The third-order valence-electron chi connectivity index (χ3n) is 4.78. The van der Waals surface area contributed by atoms with Crippen molar-refractivity contribution in [2.24, 2.45) is 0 Å². The van der Waals surface area contributed by atoms with Gasteiger partial charge in [0.1, 0.15) is 4.91 Å². The molecule has 1 atom stereocenters. The van der Waals surface area contributed by atoms with Crippen LogP contribution in [0.2, 0.25) is 0 Å². The number of nitrogens with zero attached hydrogens (tertiary/aromatic N) is 2. The molecule has 7 nitrogen and oxygen atoms in total. The average Bonchev–Trinajstić information content (AvgIpc) is 3.21. The number of aryl methyl sites for hydroxylation is 1. The summed E-state index contributed by atoms with van der Waals surface area (Å²) >= 11 is 4.63. The summed E-state index contributed by atoms with van der Waals surface area (Å²) in [4.78, 5) is 25.5. The minimum Gasteiger partial charge on any atom is -0.286 e. The number of nitro benzene ring substituents is 1. The molecule has 0 N–H and O–H groups in total. The van der Waals surface area contributed by atoms with Gasteiger partial charge in [0.2, 0.25) is 9.84 Å². The van der Waals surface area contributed by atoms with Gasteiger partial charge in [-0.15, -0.1) is 11.3 Å². The molecular weight excluding hydrogens is 504 g/mol. The molecular formula is C21H15BrN2O5S2. The van der Waals surface area contributed by atoms with E-state index >= 15 is 0 Å². The second kappa shape index (κ2) is 8.03. The zero-order valence-corrected chi connectivity index (χ0v) is 19.3. The van der Waals surface area contributed by atoms with Crippen LogP contribution >= 0.6 is 27.3 Å². The number of thiophene rings is 1. The summed E-state index contributed by atoms with van der Waals surface area (Å²) in [6.07, 6.45) is 1.35. The largest absolute Gasteiger partial charge is 0.286 e. The van der Waals surface area contributed by atoms with Gasteiger partial charge in [-0.25, -0.2) is 8.42 Å². The quantitative estimate of drug-likeness (QED) is 0.267. The van der Waals surface area contributed by atoms with Crippen LogP contribution in [0.3, 0.4) is 0 Å². The molecule has 1 fully saturated rings. The van der Waals surface area contributed by atoms with Crippen LogP contribution in [0.1, 0.15) is 21.4 Å². The monoisotopic (exact) mass is 518 g/mol. The third kappa shape index (κ3) is 3.93. The number of benzene rings is 2. The fourth-order valence-electron chi connectivity index (χ4n) is 3.44. The normalized spacial score (nSPS) is 19.2. The summed E-state index contributed by atoms with van der Waals surface area (Å²) in [5.74, 6) is -0.674. The molecule has 1 aliphatic rings. The van der Waals surface area contributed by atoms with Crippen molar-refractivity contribution in [2.75, 3.05) is 4.90 Å². The van der Waals surface area contributed by atoms with E-state index in [9.17, 15) is 23.3 Å². The highest BCUT2D eigenvalue weighted by Crippen LogP contribution is 2.44. The standard InChI is InChI=1S/C21H15BrN2O5S2/c1-13-4-2-6-15(10-13)23-20(25)18(12-17-8-9-19(22)30-17)31(28,29)21(23)14-5-3-7-16(11-14)24(26)27/h2-12,21H,1H3/b18-12+/t21-/m0/s1. The summed E-state index contributed by atoms with van der Waals surface area (Å²) < 4.78 is 27.9. The van der Waals surface area contributed by atoms with Crippen LogP contribution in [0.5, 0.6) is 0 Å². The van der Waals surface area contributed by atoms with Crippen molar-refractivity contribution >= 4 is 60.5 Å². The lowest BCUT2D eigenvalue weighted by Crippen LogP contribution is -2.29. The van der Waals surface area contributed by atoms with Crippen LogP contribution < -0.4 is 4.90 Å². The predicted molar refractivity (Wildman–Crippen MR) is 123 cm³/mol. The van der Waals surface area contributed by atoms with Gasteiger partial charge >= 0.3 is 0 Å². The first kappa shape index (κ1) is 21.4. The fraction of sp³-hybridized carbons (Fsp3) is 0.0952. The first-order chi connectivity index (χ1) is 14.7. The Hall–Kier alpha value is -2.82. The average molecular weight is 519 g/mol. The number of non-ortho nitro benzene ring substituents is 1. The number of carbonyl (C=O) groups is 1. The molecule has 2 aromatic carbocycles. The first-order valence-corrected chi connectivity index (χ1v) is 12.2. The zero-order chi connectivity index (χ0) is 22.3. The Balaban J connectivity index is 1.94. The molecule has 10 heteroatoms. The molecule has 1 saturated heterocycles. The second-order valence-electron chi connectivity index (χ2n) is 6.91. The highest BCUT2D eigenvalue weighted by atomic mass is 79.9. The molecule has 0 aliphatic carbocycles. The van der Waals surface area contributed by atoms with Gasteiger partial charge in [0.25, 0.3) is 11.6 Å². The van der Waals surface area contributed by atoms with Gasteiger partial charge in [-0.2, -0.15) is 0 Å². The van der Waals surface area contributed by atoms with Gasteiger partial charge in [0.05, 0.1) is 8.71 Å². The van der Waals surface area contributed by atoms with Gasteiger partial charge in [-0.3, -0.25) is 19.8 Å². The van der Waals surface area contributed by atoms with Crippen molar-refractivity contribution in [1.82, 2.24) is 0 Å². The molecule has 0 radical (unpaired) electrons. The Bertz CT molecular complexity index is 1350. The lowest BCUT2D eigenvalue weighted by atomic mass is 10.1. The van der Waals surface area contributed by atoms with E-state index in [0.29, 0.717) is 10.6 Å². The van der Waals surface area contributed by atoms with Gasteiger partial charge < -0.3 is 0 Å². The van der Waals surface area contributed by atoms with Gasteiger partial charge in [0.15, 0.2) is 5.37 Å². The van der Waals surface area contributed by atoms with Crippen LogP contribution in [0.15, 0.2) is 69.4 Å². The molecule has 3 aromatic rings. The molecule has 1 aliphatic heterocycles. The zero-order valence-electron chi connectivity index (χ0n) is 16.1. The Morgan fingerprint density at radius 3 is 2.52 bits per heavy atom. The van der Waals surface area contributed by atoms with Crippen molar-refractivity contribution < 1.29 is 18.1 Å². The van der Waals surface area contributed by atoms with Crippen LogP contribution in [-0.4, -0.2) is 19.2 Å². The second-order valence-corrected chi connectivity index (χ2v) is 11.4. The molecule has 0 unspecified atom stereocenters. The fourth-order valence-corrected chi connectivity index (χ4v) is 6.75. The topological polar surface area (TPSA) is 97.6 Å².